The fraction of sp³-hybridized carbons (Fsp3) is 0.382. The number of carbonyl (C=O) groups is 1. The van der Waals surface area contributed by atoms with E-state index in [1.165, 1.54) is 6.07 Å². The molecule has 4 atom stereocenters. The molecule has 3 aromatic heterocycles. The van der Waals surface area contributed by atoms with E-state index < -0.39 is 11.4 Å². The number of amides is 1. The Bertz CT molecular complexity index is 1910. The second-order valence-corrected chi connectivity index (χ2v) is 12.9. The van der Waals surface area contributed by atoms with Crippen LogP contribution in [0.2, 0.25) is 0 Å². The number of pyridine rings is 1. The molecule has 5 aromatic rings. The molecule has 8 nitrogen and oxygen atoms in total. The van der Waals surface area contributed by atoms with Crippen molar-refractivity contribution < 1.29 is 14.3 Å². The van der Waals surface area contributed by atoms with Gasteiger partial charge in [0.15, 0.2) is 5.82 Å². The molecule has 9 heteroatoms. The van der Waals surface area contributed by atoms with E-state index in [4.69, 9.17) is 15.7 Å². The molecule has 2 bridgehead atoms. The third-order valence-corrected chi connectivity index (χ3v) is 10.0. The molecule has 0 spiro atoms. The lowest BCUT2D eigenvalue weighted by Crippen LogP contribution is -2.41. The average molecular weight is 579 g/mol. The van der Waals surface area contributed by atoms with Crippen LogP contribution in [0.25, 0.3) is 33.6 Å². The summed E-state index contributed by atoms with van der Waals surface area (Å²) < 4.78 is 19.6. The number of hydrogen-bond acceptors (Lipinski definition) is 5. The maximum absolute atomic E-state index is 15.7. The number of halogens is 1. The van der Waals surface area contributed by atoms with Gasteiger partial charge in [0.2, 0.25) is 0 Å². The van der Waals surface area contributed by atoms with Crippen molar-refractivity contribution in [2.24, 2.45) is 24.6 Å². The van der Waals surface area contributed by atoms with Gasteiger partial charge in [0, 0.05) is 43.2 Å². The van der Waals surface area contributed by atoms with Crippen LogP contribution in [-0.2, 0) is 19.2 Å². The van der Waals surface area contributed by atoms with Gasteiger partial charge in [-0.05, 0) is 80.3 Å². The Balaban J connectivity index is 1.22. The van der Waals surface area contributed by atoms with Crippen LogP contribution < -0.4 is 5.73 Å². The van der Waals surface area contributed by atoms with Gasteiger partial charge in [-0.2, -0.15) is 0 Å². The smallest absolute Gasteiger partial charge is 0.254 e. The van der Waals surface area contributed by atoms with Crippen molar-refractivity contribution in [1.82, 2.24) is 24.0 Å². The van der Waals surface area contributed by atoms with Gasteiger partial charge in [0.25, 0.3) is 5.91 Å². The van der Waals surface area contributed by atoms with Crippen LogP contribution in [0.5, 0.6) is 0 Å². The van der Waals surface area contributed by atoms with Gasteiger partial charge in [-0.25, -0.2) is 14.4 Å². The third-order valence-electron chi connectivity index (χ3n) is 10.0. The first-order valence-electron chi connectivity index (χ1n) is 15.2. The monoisotopic (exact) mass is 578 g/mol. The highest BCUT2D eigenvalue weighted by Gasteiger charge is 2.47. The number of piperidine rings is 1. The number of aryl methyl sites for hydroxylation is 1. The van der Waals surface area contributed by atoms with Crippen molar-refractivity contribution in [3.05, 3.63) is 83.3 Å². The minimum absolute atomic E-state index is 0.00196. The lowest BCUT2D eigenvalue weighted by molar-refractivity contribution is 0.0700. The number of imidazole rings is 1. The fourth-order valence-corrected chi connectivity index (χ4v) is 7.34. The zero-order valence-corrected chi connectivity index (χ0v) is 24.4. The number of rotatable bonds is 6. The lowest BCUT2D eigenvalue weighted by Gasteiger charge is -2.27. The summed E-state index contributed by atoms with van der Waals surface area (Å²) in [5.74, 6) is 0.812. The Morgan fingerprint density at radius 3 is 2.56 bits per heavy atom. The molecular weight excluding hydrogens is 543 g/mol. The van der Waals surface area contributed by atoms with Crippen molar-refractivity contribution in [1.29, 1.82) is 0 Å². The Labute approximate surface area is 248 Å². The molecule has 2 aliphatic carbocycles. The normalized spacial score (nSPS) is 23.0. The van der Waals surface area contributed by atoms with Crippen molar-refractivity contribution in [3.63, 3.8) is 0 Å². The number of benzene rings is 2. The highest BCUT2D eigenvalue weighted by Crippen LogP contribution is 2.39. The molecule has 220 valence electrons. The van der Waals surface area contributed by atoms with E-state index in [-0.39, 0.29) is 18.0 Å². The van der Waals surface area contributed by atoms with Crippen LogP contribution in [-0.4, -0.2) is 53.6 Å². The largest absolute Gasteiger partial charge is 0.379 e. The van der Waals surface area contributed by atoms with Gasteiger partial charge in [0.1, 0.15) is 22.6 Å². The average Bonchev–Trinajstić information content (AvgIpc) is 3.40. The number of aromatic nitrogens is 4. The molecular formula is C34H35FN6O2. The summed E-state index contributed by atoms with van der Waals surface area (Å²) in [6, 6.07) is 18.5. The standard InChI is InChI=1S/C34H35FN6O2/c1-34(43,23-6-4-3-5-7-23)28-13-11-20-16-27(40(31(20)38-28)17-19-8-9-19)32-37-25-15-22(14-24(35)30(25)39(32)2)33(42)41-18-21-10-12-26(41)29(21)36/h3-7,11,13-16,19,21,26,29,43H,8-10,12,17-18,36H2,1-2H3/t21?,26?,29-,34?/m1/s1. The van der Waals surface area contributed by atoms with Crippen LogP contribution in [0.1, 0.15) is 54.2 Å². The highest BCUT2D eigenvalue weighted by molar-refractivity contribution is 5.98. The Hall–Kier alpha value is -4.08. The van der Waals surface area contributed by atoms with Gasteiger partial charge in [-0.15, -0.1) is 0 Å². The maximum Gasteiger partial charge on any atom is 0.254 e. The molecule has 1 amide bonds. The van der Waals surface area contributed by atoms with Crippen LogP contribution >= 0.6 is 0 Å². The third kappa shape index (κ3) is 4.12. The van der Waals surface area contributed by atoms with Gasteiger partial charge < -0.3 is 24.9 Å². The van der Waals surface area contributed by atoms with Crippen LogP contribution in [0.4, 0.5) is 4.39 Å². The predicted octanol–water partition coefficient (Wildman–Crippen LogP) is 4.96. The Morgan fingerprint density at radius 2 is 1.86 bits per heavy atom. The van der Waals surface area contributed by atoms with Crippen LogP contribution in [0, 0.1) is 17.7 Å². The number of fused-ring (bicyclic) bond motifs is 4. The van der Waals surface area contributed by atoms with E-state index in [0.717, 1.165) is 54.5 Å². The Kier molecular flexibility index (Phi) is 5.84. The van der Waals surface area contributed by atoms with Crippen LogP contribution in [0.15, 0.2) is 60.7 Å². The second kappa shape index (κ2) is 9.46. The zero-order valence-electron chi connectivity index (χ0n) is 24.4. The van der Waals surface area contributed by atoms with E-state index in [0.29, 0.717) is 46.5 Å². The predicted molar refractivity (Wildman–Crippen MR) is 163 cm³/mol. The zero-order chi connectivity index (χ0) is 29.6. The summed E-state index contributed by atoms with van der Waals surface area (Å²) >= 11 is 0. The maximum atomic E-state index is 15.7. The van der Waals surface area contributed by atoms with Gasteiger partial charge >= 0.3 is 0 Å². The number of nitrogens with two attached hydrogens (primary N) is 1. The van der Waals surface area contributed by atoms with Gasteiger partial charge in [-0.1, -0.05) is 30.3 Å². The summed E-state index contributed by atoms with van der Waals surface area (Å²) in [5, 5.41) is 12.4. The molecule has 43 heavy (non-hydrogen) atoms. The summed E-state index contributed by atoms with van der Waals surface area (Å²) in [6.45, 7) is 3.15. The molecule has 3 N–H and O–H groups in total. The molecule has 2 aromatic carbocycles. The molecule has 1 aliphatic heterocycles. The van der Waals surface area contributed by atoms with E-state index in [1.54, 1.807) is 17.6 Å². The number of hydrogen-bond donors (Lipinski definition) is 2. The first kappa shape index (κ1) is 26.5. The minimum Gasteiger partial charge on any atom is -0.379 e. The SMILES string of the molecule is Cn1c(-c2cc3ccc(C(C)(O)c4ccccc4)nc3n2CC2CC2)nc2cc(C(=O)N3CC4CCC3[C@@H]4N)cc(F)c21. The molecule has 0 radical (unpaired) electrons. The quantitative estimate of drug-likeness (QED) is 0.297. The number of aliphatic hydroxyl groups is 1. The van der Waals surface area contributed by atoms with Gasteiger partial charge in [-0.3, -0.25) is 4.79 Å². The van der Waals surface area contributed by atoms with Crippen LogP contribution in [0.3, 0.4) is 0 Å². The summed E-state index contributed by atoms with van der Waals surface area (Å²) in [7, 11) is 1.81. The molecule has 2 saturated carbocycles. The highest BCUT2D eigenvalue weighted by atomic mass is 19.1. The van der Waals surface area contributed by atoms with E-state index in [9.17, 15) is 9.90 Å². The number of likely N-dealkylation sites (tertiary alicyclic amines) is 1. The fourth-order valence-electron chi connectivity index (χ4n) is 7.34. The summed E-state index contributed by atoms with van der Waals surface area (Å²) in [4.78, 5) is 25.2. The molecule has 8 rings (SSSR count). The van der Waals surface area contributed by atoms with Crippen molar-refractivity contribution in [2.75, 3.05) is 6.54 Å². The van der Waals surface area contributed by atoms with E-state index in [1.807, 2.05) is 60.5 Å². The molecule has 3 fully saturated rings. The molecule has 3 aliphatic rings. The second-order valence-electron chi connectivity index (χ2n) is 12.9. The topological polar surface area (TPSA) is 102 Å². The Morgan fingerprint density at radius 1 is 1.07 bits per heavy atom. The molecule has 1 saturated heterocycles. The van der Waals surface area contributed by atoms with E-state index >= 15 is 4.39 Å². The minimum atomic E-state index is -1.27. The first-order chi connectivity index (χ1) is 20.7. The summed E-state index contributed by atoms with van der Waals surface area (Å²) in [5.41, 5.74) is 9.10. The number of nitrogens with zero attached hydrogens (tertiary/aromatic N) is 5. The van der Waals surface area contributed by atoms with Crippen molar-refractivity contribution in [3.8, 4) is 11.5 Å². The van der Waals surface area contributed by atoms with Crippen molar-refractivity contribution >= 4 is 28.0 Å². The van der Waals surface area contributed by atoms with Gasteiger partial charge in [0.05, 0.1) is 16.9 Å². The van der Waals surface area contributed by atoms with E-state index in [2.05, 4.69) is 4.57 Å². The first-order valence-corrected chi connectivity index (χ1v) is 15.2. The molecule has 4 heterocycles. The van der Waals surface area contributed by atoms with Crippen molar-refractivity contribution in [2.45, 2.75) is 56.8 Å². The summed E-state index contributed by atoms with van der Waals surface area (Å²) in [6.07, 6.45) is 4.23. The lowest BCUT2D eigenvalue weighted by atomic mass is 9.92. The number of carbonyl (C=O) groups excluding carboxylic acids is 1. The molecule has 3 unspecified atom stereocenters.